The average Bonchev–Trinajstić information content (AvgIpc) is 2.35. The minimum atomic E-state index is -0.322. The van der Waals surface area contributed by atoms with Crippen LogP contribution in [-0.2, 0) is 9.53 Å². The van der Waals surface area contributed by atoms with E-state index >= 15 is 0 Å². The molecule has 1 aromatic carbocycles. The van der Waals surface area contributed by atoms with Gasteiger partial charge in [-0.2, -0.15) is 0 Å². The van der Waals surface area contributed by atoms with E-state index in [1.165, 1.54) is 24.3 Å². The minimum Gasteiger partial charge on any atom is -0.466 e. The van der Waals surface area contributed by atoms with Crippen LogP contribution >= 0.6 is 0 Å². The van der Waals surface area contributed by atoms with Gasteiger partial charge >= 0.3 is 5.97 Å². The maximum absolute atomic E-state index is 11.1. The molecule has 0 spiro atoms. The third kappa shape index (κ3) is 3.73. The summed E-state index contributed by atoms with van der Waals surface area (Å²) in [6, 6.07) is 6.42. The first-order chi connectivity index (χ1) is 8.45. The lowest BCUT2D eigenvalue weighted by Gasteiger charge is -2.14. The molecule has 2 heteroatoms. The first-order valence-electron chi connectivity index (χ1n) is 6.35. The number of hydrogen-bond acceptors (Lipinski definition) is 2. The summed E-state index contributed by atoms with van der Waals surface area (Å²) in [5.41, 5.74) is 3.68. The minimum absolute atomic E-state index is 0.322. The van der Waals surface area contributed by atoms with Crippen molar-refractivity contribution in [1.29, 1.82) is 0 Å². The van der Waals surface area contributed by atoms with E-state index in [9.17, 15) is 4.79 Å². The van der Waals surface area contributed by atoms with Crippen LogP contribution in [0, 0.1) is 0 Å². The molecular weight excluding hydrogens is 224 g/mol. The van der Waals surface area contributed by atoms with Crippen LogP contribution in [0.4, 0.5) is 0 Å². The smallest absolute Gasteiger partial charge is 0.330 e. The third-order valence-electron chi connectivity index (χ3n) is 3.00. The molecule has 0 radical (unpaired) electrons. The number of benzene rings is 1. The fourth-order valence-corrected chi connectivity index (χ4v) is 1.83. The zero-order valence-electron chi connectivity index (χ0n) is 11.9. The fraction of sp³-hybridized carbons (Fsp3) is 0.438. The molecule has 0 N–H and O–H groups in total. The molecule has 0 atom stereocenters. The number of carbonyl (C=O) groups excluding carboxylic acids is 1. The van der Waals surface area contributed by atoms with Crippen molar-refractivity contribution < 1.29 is 9.53 Å². The van der Waals surface area contributed by atoms with Crippen LogP contribution in [0.15, 0.2) is 24.3 Å². The van der Waals surface area contributed by atoms with Crippen LogP contribution in [0.2, 0.25) is 0 Å². The second-order valence-electron chi connectivity index (χ2n) is 5.05. The van der Waals surface area contributed by atoms with Gasteiger partial charge in [-0.1, -0.05) is 45.9 Å². The molecule has 0 fully saturated rings. The first-order valence-corrected chi connectivity index (χ1v) is 6.35. The van der Waals surface area contributed by atoms with Crippen molar-refractivity contribution in [2.45, 2.75) is 39.5 Å². The summed E-state index contributed by atoms with van der Waals surface area (Å²) < 4.78 is 4.61. The summed E-state index contributed by atoms with van der Waals surface area (Å²) in [6.45, 7) is 8.69. The van der Waals surface area contributed by atoms with Gasteiger partial charge in [-0.25, -0.2) is 4.79 Å². The molecule has 1 rings (SSSR count). The standard InChI is InChI=1S/C16H22O2/c1-11(2)14-7-6-13(8-9-16(17)18-5)15(10-14)12(3)4/h6-12H,1-5H3/b9-8+. The lowest BCUT2D eigenvalue weighted by atomic mass is 9.91. The summed E-state index contributed by atoms with van der Waals surface area (Å²) in [5.74, 6) is 0.625. The van der Waals surface area contributed by atoms with E-state index < -0.39 is 0 Å². The highest BCUT2D eigenvalue weighted by Crippen LogP contribution is 2.25. The number of esters is 1. The molecule has 0 aromatic heterocycles. The van der Waals surface area contributed by atoms with Crippen molar-refractivity contribution >= 4 is 12.0 Å². The monoisotopic (exact) mass is 246 g/mol. The molecule has 18 heavy (non-hydrogen) atoms. The van der Waals surface area contributed by atoms with Crippen molar-refractivity contribution in [2.75, 3.05) is 7.11 Å². The van der Waals surface area contributed by atoms with Crippen molar-refractivity contribution in [2.24, 2.45) is 0 Å². The lowest BCUT2D eigenvalue weighted by Crippen LogP contribution is -1.98. The highest BCUT2D eigenvalue weighted by atomic mass is 16.5. The predicted octanol–water partition coefficient (Wildman–Crippen LogP) is 4.12. The summed E-state index contributed by atoms with van der Waals surface area (Å²) in [7, 11) is 1.39. The molecule has 0 saturated carbocycles. The van der Waals surface area contributed by atoms with Crippen LogP contribution in [0.5, 0.6) is 0 Å². The maximum Gasteiger partial charge on any atom is 0.330 e. The van der Waals surface area contributed by atoms with Gasteiger partial charge in [-0.05, 0) is 34.6 Å². The van der Waals surface area contributed by atoms with Crippen LogP contribution in [0.3, 0.4) is 0 Å². The summed E-state index contributed by atoms with van der Waals surface area (Å²) >= 11 is 0. The Kier molecular flexibility index (Phi) is 5.14. The molecule has 0 amide bonds. The van der Waals surface area contributed by atoms with Gasteiger partial charge in [-0.15, -0.1) is 0 Å². The number of carbonyl (C=O) groups is 1. The van der Waals surface area contributed by atoms with Crippen molar-refractivity contribution in [3.05, 3.63) is 41.0 Å². The third-order valence-corrected chi connectivity index (χ3v) is 3.00. The topological polar surface area (TPSA) is 26.3 Å². The Labute approximate surface area is 110 Å². The molecule has 0 bridgehead atoms. The van der Waals surface area contributed by atoms with E-state index in [-0.39, 0.29) is 5.97 Å². The normalized spacial score (nSPS) is 11.5. The van der Waals surface area contributed by atoms with Gasteiger partial charge < -0.3 is 4.74 Å². The SMILES string of the molecule is COC(=O)/C=C/c1ccc(C(C)C)cc1C(C)C. The van der Waals surface area contributed by atoms with Gasteiger partial charge in [0.05, 0.1) is 7.11 Å². The van der Waals surface area contributed by atoms with E-state index in [0.29, 0.717) is 11.8 Å². The van der Waals surface area contributed by atoms with E-state index in [4.69, 9.17) is 0 Å². The second-order valence-corrected chi connectivity index (χ2v) is 5.05. The molecule has 0 unspecified atom stereocenters. The molecule has 0 heterocycles. The Balaban J connectivity index is 3.12. The number of hydrogen-bond donors (Lipinski definition) is 0. The zero-order chi connectivity index (χ0) is 13.7. The molecule has 0 aliphatic carbocycles. The van der Waals surface area contributed by atoms with E-state index in [2.05, 4.69) is 50.6 Å². The maximum atomic E-state index is 11.1. The van der Waals surface area contributed by atoms with E-state index in [1.807, 2.05) is 6.08 Å². The van der Waals surface area contributed by atoms with Crippen LogP contribution in [0.1, 0.15) is 56.2 Å². The Morgan fingerprint density at radius 2 is 1.83 bits per heavy atom. The predicted molar refractivity (Wildman–Crippen MR) is 75.7 cm³/mol. The summed E-state index contributed by atoms with van der Waals surface area (Å²) in [4.78, 5) is 11.1. The van der Waals surface area contributed by atoms with Gasteiger partial charge in [0.1, 0.15) is 0 Å². The highest BCUT2D eigenvalue weighted by Gasteiger charge is 2.08. The van der Waals surface area contributed by atoms with Crippen LogP contribution in [-0.4, -0.2) is 13.1 Å². The van der Waals surface area contributed by atoms with Gasteiger partial charge in [0.2, 0.25) is 0 Å². The van der Waals surface area contributed by atoms with E-state index in [0.717, 1.165) is 5.56 Å². The van der Waals surface area contributed by atoms with Crippen LogP contribution in [0.25, 0.3) is 6.08 Å². The summed E-state index contributed by atoms with van der Waals surface area (Å²) in [5, 5.41) is 0. The van der Waals surface area contributed by atoms with Crippen molar-refractivity contribution in [1.82, 2.24) is 0 Å². The Morgan fingerprint density at radius 1 is 1.17 bits per heavy atom. The molecule has 0 aliphatic rings. The molecule has 0 aliphatic heterocycles. The fourth-order valence-electron chi connectivity index (χ4n) is 1.83. The van der Waals surface area contributed by atoms with Gasteiger partial charge in [-0.3, -0.25) is 0 Å². The van der Waals surface area contributed by atoms with Gasteiger partial charge in [0, 0.05) is 6.08 Å². The van der Waals surface area contributed by atoms with Gasteiger partial charge in [0.25, 0.3) is 0 Å². The van der Waals surface area contributed by atoms with Crippen LogP contribution < -0.4 is 0 Å². The quantitative estimate of drug-likeness (QED) is 0.590. The highest BCUT2D eigenvalue weighted by molar-refractivity contribution is 5.87. The Hall–Kier alpha value is -1.57. The second kappa shape index (κ2) is 6.39. The Morgan fingerprint density at radius 3 is 2.33 bits per heavy atom. The van der Waals surface area contributed by atoms with Crippen molar-refractivity contribution in [3.63, 3.8) is 0 Å². The molecular formula is C16H22O2. The number of methoxy groups -OCH3 is 1. The Bertz CT molecular complexity index is 442. The van der Waals surface area contributed by atoms with Gasteiger partial charge in [0.15, 0.2) is 0 Å². The number of ether oxygens (including phenoxy) is 1. The number of rotatable bonds is 4. The summed E-state index contributed by atoms with van der Waals surface area (Å²) in [6.07, 6.45) is 3.29. The molecule has 1 aromatic rings. The zero-order valence-corrected chi connectivity index (χ0v) is 11.9. The lowest BCUT2D eigenvalue weighted by molar-refractivity contribution is -0.134. The van der Waals surface area contributed by atoms with E-state index in [1.54, 1.807) is 0 Å². The molecule has 0 saturated heterocycles. The first kappa shape index (κ1) is 14.5. The van der Waals surface area contributed by atoms with Crippen molar-refractivity contribution in [3.8, 4) is 0 Å². The average molecular weight is 246 g/mol. The largest absolute Gasteiger partial charge is 0.466 e. The molecule has 98 valence electrons. The molecule has 2 nitrogen and oxygen atoms in total.